The Balaban J connectivity index is 2.32. The monoisotopic (exact) mass is 427 g/mol. The van der Waals surface area contributed by atoms with Gasteiger partial charge in [-0.05, 0) is 37.3 Å². The molecule has 162 valence electrons. The van der Waals surface area contributed by atoms with Gasteiger partial charge in [-0.3, -0.25) is 14.9 Å². The van der Waals surface area contributed by atoms with Crippen molar-refractivity contribution in [3.8, 4) is 5.75 Å². The molecule has 0 radical (unpaired) electrons. The van der Waals surface area contributed by atoms with E-state index in [9.17, 15) is 28.1 Å². The van der Waals surface area contributed by atoms with Crippen LogP contribution in [0.15, 0.2) is 36.4 Å². The number of amides is 1. The van der Waals surface area contributed by atoms with Gasteiger partial charge in [-0.25, -0.2) is 0 Å². The van der Waals surface area contributed by atoms with Gasteiger partial charge in [0.2, 0.25) is 0 Å². The van der Waals surface area contributed by atoms with Crippen LogP contribution in [0.2, 0.25) is 0 Å². The van der Waals surface area contributed by atoms with E-state index in [1.807, 2.05) is 0 Å². The molecule has 2 aromatic carbocycles. The Labute approximate surface area is 170 Å². The van der Waals surface area contributed by atoms with Gasteiger partial charge in [-0.1, -0.05) is 0 Å². The van der Waals surface area contributed by atoms with Gasteiger partial charge in [0.1, 0.15) is 11.4 Å². The molecule has 8 nitrogen and oxygen atoms in total. The highest BCUT2D eigenvalue weighted by Crippen LogP contribution is 2.35. The van der Waals surface area contributed by atoms with E-state index in [0.717, 1.165) is 24.3 Å². The molecule has 1 amide bonds. The highest BCUT2D eigenvalue weighted by atomic mass is 19.4. The lowest BCUT2D eigenvalue weighted by molar-refractivity contribution is -0.384. The summed E-state index contributed by atoms with van der Waals surface area (Å²) in [7, 11) is 1.48. The smallest absolute Gasteiger partial charge is 0.416 e. The van der Waals surface area contributed by atoms with Crippen molar-refractivity contribution in [3.63, 3.8) is 0 Å². The Bertz CT molecular complexity index is 919. The minimum Gasteiger partial charge on any atom is -0.492 e. The largest absolute Gasteiger partial charge is 0.492 e. The number of nitrogens with one attached hydrogen (secondary N) is 2. The second-order valence-corrected chi connectivity index (χ2v) is 6.00. The van der Waals surface area contributed by atoms with Crippen molar-refractivity contribution >= 4 is 23.0 Å². The summed E-state index contributed by atoms with van der Waals surface area (Å²) >= 11 is 0. The van der Waals surface area contributed by atoms with Gasteiger partial charge in [0.05, 0.1) is 29.4 Å². The van der Waals surface area contributed by atoms with Crippen molar-refractivity contribution < 1.29 is 32.4 Å². The fourth-order valence-corrected chi connectivity index (χ4v) is 2.54. The average Bonchev–Trinajstić information content (AvgIpc) is 2.68. The van der Waals surface area contributed by atoms with Gasteiger partial charge in [-0.15, -0.1) is 0 Å². The Hall–Kier alpha value is -3.34. The van der Waals surface area contributed by atoms with Crippen molar-refractivity contribution in [1.29, 1.82) is 0 Å². The molecule has 2 rings (SSSR count). The van der Waals surface area contributed by atoms with Crippen molar-refractivity contribution in [2.75, 3.05) is 37.5 Å². The molecule has 0 spiro atoms. The molecule has 0 aliphatic heterocycles. The average molecular weight is 427 g/mol. The van der Waals surface area contributed by atoms with E-state index in [4.69, 9.17) is 9.47 Å². The van der Waals surface area contributed by atoms with Crippen LogP contribution in [-0.2, 0) is 10.9 Å². The molecule has 0 atom stereocenters. The third kappa shape index (κ3) is 5.83. The highest BCUT2D eigenvalue weighted by Gasteiger charge is 2.31. The molecule has 0 saturated heterocycles. The minimum atomic E-state index is -4.61. The summed E-state index contributed by atoms with van der Waals surface area (Å²) in [5.74, 6) is -0.770. The predicted molar refractivity (Wildman–Crippen MR) is 104 cm³/mol. The first kappa shape index (κ1) is 22.9. The first-order valence-electron chi connectivity index (χ1n) is 8.84. The number of carbonyl (C=O) groups excluding carboxylic acids is 1. The number of rotatable bonds is 9. The topological polar surface area (TPSA) is 103 Å². The molecule has 0 saturated carbocycles. The summed E-state index contributed by atoms with van der Waals surface area (Å²) in [6, 6.07) is 6.40. The lowest BCUT2D eigenvalue weighted by Gasteiger charge is -2.15. The molecule has 30 heavy (non-hydrogen) atoms. The van der Waals surface area contributed by atoms with Crippen LogP contribution in [0.25, 0.3) is 0 Å². The van der Waals surface area contributed by atoms with Crippen molar-refractivity contribution in [3.05, 3.63) is 57.6 Å². The number of nitrogens with zero attached hydrogens (tertiary/aromatic N) is 1. The number of alkyl halides is 3. The third-order valence-corrected chi connectivity index (χ3v) is 3.93. The summed E-state index contributed by atoms with van der Waals surface area (Å²) in [5, 5.41) is 16.5. The number of nitro groups is 1. The molecule has 0 aromatic heterocycles. The number of anilines is 2. The molecule has 0 fully saturated rings. The molecule has 0 bridgehead atoms. The van der Waals surface area contributed by atoms with Crippen LogP contribution in [0.1, 0.15) is 22.8 Å². The van der Waals surface area contributed by atoms with Gasteiger partial charge >= 0.3 is 6.18 Å². The first-order chi connectivity index (χ1) is 14.2. The first-order valence-corrected chi connectivity index (χ1v) is 8.84. The van der Waals surface area contributed by atoms with E-state index in [-0.39, 0.29) is 35.0 Å². The Morgan fingerprint density at radius 3 is 2.50 bits per heavy atom. The molecule has 0 aliphatic carbocycles. The maximum absolute atomic E-state index is 13.0. The summed E-state index contributed by atoms with van der Waals surface area (Å²) in [4.78, 5) is 23.2. The SMILES string of the molecule is CCOc1ccc(C(F)(F)F)cc1NC(=O)c1ccc(NCCOC)c([N+](=O)[O-])c1. The van der Waals surface area contributed by atoms with Crippen LogP contribution in [0.3, 0.4) is 0 Å². The number of carbonyl (C=O) groups is 1. The fourth-order valence-electron chi connectivity index (χ4n) is 2.54. The number of benzene rings is 2. The Kier molecular flexibility index (Phi) is 7.59. The number of methoxy groups -OCH3 is 1. The van der Waals surface area contributed by atoms with Gasteiger partial charge in [-0.2, -0.15) is 13.2 Å². The number of ether oxygens (including phenoxy) is 2. The summed E-state index contributed by atoms with van der Waals surface area (Å²) < 4.78 is 49.2. The lowest BCUT2D eigenvalue weighted by Crippen LogP contribution is -2.15. The van der Waals surface area contributed by atoms with Crippen LogP contribution >= 0.6 is 0 Å². The van der Waals surface area contributed by atoms with Crippen molar-refractivity contribution in [2.45, 2.75) is 13.1 Å². The van der Waals surface area contributed by atoms with E-state index in [1.54, 1.807) is 6.92 Å². The van der Waals surface area contributed by atoms with E-state index in [0.29, 0.717) is 13.2 Å². The second-order valence-electron chi connectivity index (χ2n) is 6.00. The van der Waals surface area contributed by atoms with Crippen LogP contribution < -0.4 is 15.4 Å². The lowest BCUT2D eigenvalue weighted by atomic mass is 10.1. The predicted octanol–water partition coefficient (Wildman–Crippen LogP) is 4.32. The molecule has 2 N–H and O–H groups in total. The van der Waals surface area contributed by atoms with Gasteiger partial charge in [0, 0.05) is 25.3 Å². The zero-order chi connectivity index (χ0) is 22.3. The standard InChI is InChI=1S/C19H20F3N3O5/c1-3-30-17-7-5-13(19(20,21)22)11-15(17)24-18(26)12-4-6-14(23-8-9-29-2)16(10-12)25(27)28/h4-7,10-11,23H,3,8-9H2,1-2H3,(H,24,26). The van der Waals surface area contributed by atoms with Gasteiger partial charge in [0.25, 0.3) is 11.6 Å². The van der Waals surface area contributed by atoms with Crippen LogP contribution in [0, 0.1) is 10.1 Å². The molecular formula is C19H20F3N3O5. The van der Waals surface area contributed by atoms with Crippen molar-refractivity contribution in [1.82, 2.24) is 0 Å². The molecule has 11 heteroatoms. The minimum absolute atomic E-state index is 0.0474. The van der Waals surface area contributed by atoms with Gasteiger partial charge < -0.3 is 20.1 Å². The summed E-state index contributed by atoms with van der Waals surface area (Å²) in [6.45, 7) is 2.43. The molecule has 0 unspecified atom stereocenters. The third-order valence-electron chi connectivity index (χ3n) is 3.93. The molecular weight excluding hydrogens is 407 g/mol. The number of hydrogen-bond donors (Lipinski definition) is 2. The Morgan fingerprint density at radius 1 is 1.17 bits per heavy atom. The molecule has 0 heterocycles. The van der Waals surface area contributed by atoms with E-state index in [2.05, 4.69) is 10.6 Å². The Morgan fingerprint density at radius 2 is 1.90 bits per heavy atom. The summed E-state index contributed by atoms with van der Waals surface area (Å²) in [5.41, 5.74) is -1.43. The van der Waals surface area contributed by atoms with E-state index >= 15 is 0 Å². The molecule has 0 aliphatic rings. The van der Waals surface area contributed by atoms with E-state index in [1.165, 1.54) is 19.2 Å². The highest BCUT2D eigenvalue weighted by molar-refractivity contribution is 6.05. The summed E-state index contributed by atoms with van der Waals surface area (Å²) in [6.07, 6.45) is -4.61. The van der Waals surface area contributed by atoms with Gasteiger partial charge in [0.15, 0.2) is 0 Å². The number of halogens is 3. The maximum Gasteiger partial charge on any atom is 0.416 e. The number of hydrogen-bond acceptors (Lipinski definition) is 6. The molecule has 2 aromatic rings. The van der Waals surface area contributed by atoms with Crippen LogP contribution in [0.4, 0.5) is 30.2 Å². The maximum atomic E-state index is 13.0. The fraction of sp³-hybridized carbons (Fsp3) is 0.316. The normalized spacial score (nSPS) is 11.1. The van der Waals surface area contributed by atoms with Crippen LogP contribution in [-0.4, -0.2) is 37.7 Å². The zero-order valence-electron chi connectivity index (χ0n) is 16.2. The number of nitro benzene ring substituents is 1. The second kappa shape index (κ2) is 9.92. The van der Waals surface area contributed by atoms with Crippen LogP contribution in [0.5, 0.6) is 5.75 Å². The van der Waals surface area contributed by atoms with Crippen molar-refractivity contribution in [2.24, 2.45) is 0 Å². The quantitative estimate of drug-likeness (QED) is 0.351. The zero-order valence-corrected chi connectivity index (χ0v) is 16.2. The van der Waals surface area contributed by atoms with E-state index < -0.39 is 22.6 Å².